The summed E-state index contributed by atoms with van der Waals surface area (Å²) in [5.74, 6) is 1.24. The standard InChI is InChI=1S/C13H19N3S/c1-3-4-12(13(14)15)17-9-10-5-7-11(16-2)8-6-10/h3-8,16H,9,14-15H2,1-2H3/b4-3-. The van der Waals surface area contributed by atoms with Crippen molar-refractivity contribution in [2.24, 2.45) is 11.5 Å². The quantitative estimate of drug-likeness (QED) is 0.702. The zero-order valence-corrected chi connectivity index (χ0v) is 11.1. The fraction of sp³-hybridized carbons (Fsp3) is 0.231. The Balaban J connectivity index is 2.63. The van der Waals surface area contributed by atoms with Gasteiger partial charge in [-0.1, -0.05) is 18.2 Å². The van der Waals surface area contributed by atoms with Gasteiger partial charge in [-0.15, -0.1) is 11.8 Å². The van der Waals surface area contributed by atoms with E-state index in [2.05, 4.69) is 29.6 Å². The van der Waals surface area contributed by atoms with Crippen molar-refractivity contribution in [1.29, 1.82) is 0 Å². The van der Waals surface area contributed by atoms with Crippen molar-refractivity contribution in [2.75, 3.05) is 12.4 Å². The van der Waals surface area contributed by atoms with Gasteiger partial charge in [0.1, 0.15) is 5.82 Å². The molecule has 17 heavy (non-hydrogen) atoms. The molecule has 0 aromatic heterocycles. The lowest BCUT2D eigenvalue weighted by Crippen LogP contribution is -2.10. The second-order valence-electron chi connectivity index (χ2n) is 3.56. The van der Waals surface area contributed by atoms with Gasteiger partial charge >= 0.3 is 0 Å². The monoisotopic (exact) mass is 249 g/mol. The number of hydrogen-bond donors (Lipinski definition) is 3. The molecule has 0 atom stereocenters. The number of benzene rings is 1. The number of anilines is 1. The molecule has 0 fully saturated rings. The van der Waals surface area contributed by atoms with Crippen molar-refractivity contribution < 1.29 is 0 Å². The van der Waals surface area contributed by atoms with E-state index in [0.29, 0.717) is 5.82 Å². The van der Waals surface area contributed by atoms with Crippen LogP contribution in [0.5, 0.6) is 0 Å². The summed E-state index contributed by atoms with van der Waals surface area (Å²) in [4.78, 5) is 0.921. The van der Waals surface area contributed by atoms with E-state index in [9.17, 15) is 0 Å². The zero-order chi connectivity index (χ0) is 12.7. The van der Waals surface area contributed by atoms with Crippen molar-refractivity contribution in [3.63, 3.8) is 0 Å². The largest absolute Gasteiger partial charge is 0.388 e. The maximum absolute atomic E-state index is 5.61. The van der Waals surface area contributed by atoms with Gasteiger partial charge in [-0.25, -0.2) is 0 Å². The van der Waals surface area contributed by atoms with Crippen LogP contribution in [0.25, 0.3) is 0 Å². The summed E-state index contributed by atoms with van der Waals surface area (Å²) in [7, 11) is 1.91. The highest BCUT2D eigenvalue weighted by atomic mass is 32.2. The molecule has 0 heterocycles. The Kier molecular flexibility index (Phi) is 5.49. The Hall–Kier alpha value is -1.55. The summed E-state index contributed by atoms with van der Waals surface area (Å²) in [5.41, 5.74) is 13.6. The van der Waals surface area contributed by atoms with Crippen LogP contribution in [0.2, 0.25) is 0 Å². The van der Waals surface area contributed by atoms with Gasteiger partial charge in [0.2, 0.25) is 0 Å². The molecule has 0 unspecified atom stereocenters. The minimum absolute atomic E-state index is 0.375. The molecule has 0 spiro atoms. The van der Waals surface area contributed by atoms with Crippen LogP contribution in [0, 0.1) is 0 Å². The predicted octanol–water partition coefficient (Wildman–Crippen LogP) is 2.62. The van der Waals surface area contributed by atoms with Crippen LogP contribution in [-0.4, -0.2) is 7.05 Å². The van der Waals surface area contributed by atoms with Crippen molar-refractivity contribution >= 4 is 17.4 Å². The molecule has 0 saturated heterocycles. The van der Waals surface area contributed by atoms with E-state index in [1.54, 1.807) is 11.8 Å². The molecular formula is C13H19N3S. The maximum Gasteiger partial charge on any atom is 0.107 e. The molecule has 1 rings (SSSR count). The third kappa shape index (κ3) is 4.44. The van der Waals surface area contributed by atoms with Crippen molar-refractivity contribution in [2.45, 2.75) is 12.7 Å². The average Bonchev–Trinajstić information content (AvgIpc) is 2.34. The molecule has 0 radical (unpaired) electrons. The molecule has 0 aliphatic heterocycles. The highest BCUT2D eigenvalue weighted by molar-refractivity contribution is 8.02. The van der Waals surface area contributed by atoms with Gasteiger partial charge in [0.05, 0.1) is 0 Å². The van der Waals surface area contributed by atoms with Gasteiger partial charge in [0, 0.05) is 23.4 Å². The molecule has 1 aromatic rings. The smallest absolute Gasteiger partial charge is 0.107 e. The molecule has 0 amide bonds. The summed E-state index contributed by atoms with van der Waals surface area (Å²) < 4.78 is 0. The summed E-state index contributed by atoms with van der Waals surface area (Å²) >= 11 is 1.64. The molecule has 0 aliphatic rings. The van der Waals surface area contributed by atoms with E-state index in [1.165, 1.54) is 5.56 Å². The van der Waals surface area contributed by atoms with Crippen LogP contribution in [-0.2, 0) is 5.75 Å². The minimum Gasteiger partial charge on any atom is -0.388 e. The van der Waals surface area contributed by atoms with E-state index in [1.807, 2.05) is 26.1 Å². The number of nitrogens with two attached hydrogens (primary N) is 2. The van der Waals surface area contributed by atoms with E-state index in [4.69, 9.17) is 11.5 Å². The van der Waals surface area contributed by atoms with Crippen LogP contribution in [0.15, 0.2) is 47.1 Å². The first kappa shape index (κ1) is 13.5. The average molecular weight is 249 g/mol. The van der Waals surface area contributed by atoms with Crippen molar-refractivity contribution in [3.05, 3.63) is 52.7 Å². The van der Waals surface area contributed by atoms with E-state index < -0.39 is 0 Å². The number of hydrogen-bond acceptors (Lipinski definition) is 4. The topological polar surface area (TPSA) is 64.1 Å². The van der Waals surface area contributed by atoms with Crippen LogP contribution in [0.4, 0.5) is 5.69 Å². The van der Waals surface area contributed by atoms with E-state index >= 15 is 0 Å². The normalized spacial score (nSPS) is 10.5. The molecule has 0 saturated carbocycles. The van der Waals surface area contributed by atoms with Crippen LogP contribution >= 0.6 is 11.8 Å². The van der Waals surface area contributed by atoms with Crippen molar-refractivity contribution in [3.8, 4) is 0 Å². The number of thioether (sulfide) groups is 1. The number of rotatable bonds is 5. The summed E-state index contributed by atoms with van der Waals surface area (Å²) in [6.45, 7) is 1.95. The number of allylic oxidation sites excluding steroid dienone is 2. The third-order valence-electron chi connectivity index (χ3n) is 2.24. The highest BCUT2D eigenvalue weighted by Gasteiger charge is 2.00. The Morgan fingerprint density at radius 1 is 1.29 bits per heavy atom. The van der Waals surface area contributed by atoms with Gasteiger partial charge in [-0.05, 0) is 30.7 Å². The van der Waals surface area contributed by atoms with Gasteiger partial charge < -0.3 is 16.8 Å². The molecule has 92 valence electrons. The lowest BCUT2D eigenvalue weighted by molar-refractivity contribution is 1.24. The van der Waals surface area contributed by atoms with Crippen LogP contribution in [0.1, 0.15) is 12.5 Å². The predicted molar refractivity (Wildman–Crippen MR) is 77.5 cm³/mol. The fourth-order valence-corrected chi connectivity index (χ4v) is 2.22. The zero-order valence-electron chi connectivity index (χ0n) is 10.2. The lowest BCUT2D eigenvalue weighted by atomic mass is 10.2. The van der Waals surface area contributed by atoms with Gasteiger partial charge in [-0.3, -0.25) is 0 Å². The third-order valence-corrected chi connectivity index (χ3v) is 3.40. The molecule has 4 heteroatoms. The van der Waals surface area contributed by atoms with Gasteiger partial charge in [0.25, 0.3) is 0 Å². The molecule has 0 bridgehead atoms. The second kappa shape index (κ2) is 6.91. The summed E-state index contributed by atoms with van der Waals surface area (Å²) in [6.07, 6.45) is 3.87. The highest BCUT2D eigenvalue weighted by Crippen LogP contribution is 2.23. The Bertz CT molecular complexity index is 403. The van der Waals surface area contributed by atoms with Crippen LogP contribution < -0.4 is 16.8 Å². The Morgan fingerprint density at radius 3 is 2.41 bits per heavy atom. The molecule has 5 N–H and O–H groups in total. The molecule has 0 aliphatic carbocycles. The first-order chi connectivity index (χ1) is 8.17. The molecule has 3 nitrogen and oxygen atoms in total. The SMILES string of the molecule is C/C=C\C(SCc1ccc(NC)cc1)=C(N)N. The summed E-state index contributed by atoms with van der Waals surface area (Å²) in [6, 6.07) is 8.30. The maximum atomic E-state index is 5.61. The Labute approximate surface area is 107 Å². The number of nitrogens with one attached hydrogen (secondary N) is 1. The van der Waals surface area contributed by atoms with E-state index in [0.717, 1.165) is 16.3 Å². The fourth-order valence-electron chi connectivity index (χ4n) is 1.31. The van der Waals surface area contributed by atoms with Crippen LogP contribution in [0.3, 0.4) is 0 Å². The molecule has 1 aromatic carbocycles. The van der Waals surface area contributed by atoms with Gasteiger partial charge in [-0.2, -0.15) is 0 Å². The van der Waals surface area contributed by atoms with Crippen molar-refractivity contribution in [1.82, 2.24) is 0 Å². The lowest BCUT2D eigenvalue weighted by Gasteiger charge is -2.06. The second-order valence-corrected chi connectivity index (χ2v) is 4.57. The summed E-state index contributed by atoms with van der Waals surface area (Å²) in [5, 5.41) is 3.09. The first-order valence-corrected chi connectivity index (χ1v) is 6.43. The van der Waals surface area contributed by atoms with E-state index in [-0.39, 0.29) is 0 Å². The molecular weight excluding hydrogens is 230 g/mol. The Morgan fingerprint density at radius 2 is 1.94 bits per heavy atom. The first-order valence-electron chi connectivity index (χ1n) is 5.44. The van der Waals surface area contributed by atoms with Gasteiger partial charge in [0.15, 0.2) is 0 Å². The minimum atomic E-state index is 0.375.